The molecule has 1 aromatic carbocycles. The van der Waals surface area contributed by atoms with E-state index in [-0.39, 0.29) is 24.0 Å². The Hall–Kier alpha value is -2.53. The lowest BCUT2D eigenvalue weighted by Crippen LogP contribution is -2.55. The zero-order chi connectivity index (χ0) is 22.7. The molecule has 11 heteroatoms. The Labute approximate surface area is 195 Å². The van der Waals surface area contributed by atoms with Gasteiger partial charge < -0.3 is 24.6 Å². The summed E-state index contributed by atoms with van der Waals surface area (Å²) in [6, 6.07) is 7.33. The number of aromatic nitrogens is 2. The third-order valence-electron chi connectivity index (χ3n) is 4.94. The van der Waals surface area contributed by atoms with Crippen molar-refractivity contribution in [2.75, 3.05) is 43.9 Å². The Bertz CT molecular complexity index is 969. The Morgan fingerprint density at radius 3 is 2.53 bits per heavy atom. The van der Waals surface area contributed by atoms with Gasteiger partial charge in [-0.2, -0.15) is 0 Å². The van der Waals surface area contributed by atoms with E-state index < -0.39 is 6.10 Å². The van der Waals surface area contributed by atoms with Gasteiger partial charge in [0.05, 0.1) is 5.75 Å². The topological polar surface area (TPSA) is 96.9 Å². The van der Waals surface area contributed by atoms with E-state index in [0.717, 1.165) is 9.47 Å². The van der Waals surface area contributed by atoms with Crippen LogP contribution in [0.25, 0.3) is 0 Å². The van der Waals surface area contributed by atoms with E-state index in [9.17, 15) is 9.59 Å². The number of para-hydroxylation sites is 2. The summed E-state index contributed by atoms with van der Waals surface area (Å²) in [4.78, 5) is 29.0. The normalized spacial score (nSPS) is 18.4. The van der Waals surface area contributed by atoms with Crippen LogP contribution in [0.5, 0.6) is 11.5 Å². The molecule has 0 saturated carbocycles. The van der Waals surface area contributed by atoms with Crippen molar-refractivity contribution >= 4 is 40.0 Å². The SMILES string of the molecule is CC(C)(C)Nc1nnc(SCC(=O)N2CCN(C(=O)[C@H]3COc4ccccc4O3)CC2)s1. The molecule has 1 N–H and O–H groups in total. The summed E-state index contributed by atoms with van der Waals surface area (Å²) >= 11 is 2.83. The fourth-order valence-electron chi connectivity index (χ4n) is 3.38. The van der Waals surface area contributed by atoms with Crippen LogP contribution in [0.1, 0.15) is 20.8 Å². The first-order chi connectivity index (χ1) is 15.3. The summed E-state index contributed by atoms with van der Waals surface area (Å²) in [7, 11) is 0. The Morgan fingerprint density at radius 1 is 1.12 bits per heavy atom. The van der Waals surface area contributed by atoms with E-state index in [1.807, 2.05) is 18.2 Å². The molecule has 1 aromatic heterocycles. The number of thioether (sulfide) groups is 1. The molecule has 2 amide bonds. The largest absolute Gasteiger partial charge is 0.485 e. The molecule has 172 valence electrons. The third kappa shape index (κ3) is 5.63. The predicted octanol–water partition coefficient (Wildman–Crippen LogP) is 2.35. The van der Waals surface area contributed by atoms with Gasteiger partial charge in [0.25, 0.3) is 5.91 Å². The van der Waals surface area contributed by atoms with Gasteiger partial charge in [-0.15, -0.1) is 10.2 Å². The van der Waals surface area contributed by atoms with E-state index in [0.29, 0.717) is 43.4 Å². The molecule has 0 spiro atoms. The highest BCUT2D eigenvalue weighted by Crippen LogP contribution is 2.31. The van der Waals surface area contributed by atoms with Crippen LogP contribution < -0.4 is 14.8 Å². The average Bonchev–Trinajstić information content (AvgIpc) is 3.22. The van der Waals surface area contributed by atoms with Gasteiger partial charge in [-0.1, -0.05) is 35.2 Å². The number of hydrogen-bond donors (Lipinski definition) is 1. The summed E-state index contributed by atoms with van der Waals surface area (Å²) in [6.07, 6.45) is -0.656. The minimum absolute atomic E-state index is 0.0359. The number of anilines is 1. The monoisotopic (exact) mass is 477 g/mol. The zero-order valence-corrected chi connectivity index (χ0v) is 20.0. The Balaban J connectivity index is 1.22. The number of fused-ring (bicyclic) bond motifs is 1. The second kappa shape index (κ2) is 9.53. The fraction of sp³-hybridized carbons (Fsp3) is 0.524. The first kappa shape index (κ1) is 22.7. The zero-order valence-electron chi connectivity index (χ0n) is 18.4. The molecule has 9 nitrogen and oxygen atoms in total. The van der Waals surface area contributed by atoms with Crippen molar-refractivity contribution in [3.05, 3.63) is 24.3 Å². The molecule has 2 aromatic rings. The van der Waals surface area contributed by atoms with Gasteiger partial charge in [0.1, 0.15) is 6.61 Å². The van der Waals surface area contributed by atoms with E-state index in [2.05, 4.69) is 36.3 Å². The molecule has 2 aliphatic heterocycles. The standard InChI is InChI=1S/C21H27N5O4S2/c1-21(2,3)22-19-23-24-20(32-19)31-13-17(27)25-8-10-26(11-9-25)18(28)16-12-29-14-6-4-5-7-15(14)30-16/h4-7,16H,8-13H2,1-3H3,(H,22,23)/t16-/m1/s1. The first-order valence-electron chi connectivity index (χ1n) is 10.5. The molecule has 0 bridgehead atoms. The molecule has 4 rings (SSSR count). The minimum atomic E-state index is -0.656. The molecule has 1 saturated heterocycles. The van der Waals surface area contributed by atoms with E-state index in [1.54, 1.807) is 15.9 Å². The molecular weight excluding hydrogens is 450 g/mol. The van der Waals surface area contributed by atoms with Gasteiger partial charge in [-0.05, 0) is 32.9 Å². The molecule has 2 aliphatic rings. The number of rotatable bonds is 5. The number of ether oxygens (including phenoxy) is 2. The van der Waals surface area contributed by atoms with Gasteiger partial charge in [0, 0.05) is 31.7 Å². The maximum Gasteiger partial charge on any atom is 0.267 e. The molecule has 0 aliphatic carbocycles. The van der Waals surface area contributed by atoms with Crippen molar-refractivity contribution in [3.63, 3.8) is 0 Å². The summed E-state index contributed by atoms with van der Waals surface area (Å²) in [5.41, 5.74) is -0.0907. The predicted molar refractivity (Wildman–Crippen MR) is 124 cm³/mol. The number of nitrogens with one attached hydrogen (secondary N) is 1. The second-order valence-electron chi connectivity index (χ2n) is 8.61. The molecule has 3 heterocycles. The van der Waals surface area contributed by atoms with Crippen LogP contribution >= 0.6 is 23.1 Å². The van der Waals surface area contributed by atoms with E-state index >= 15 is 0 Å². The van der Waals surface area contributed by atoms with E-state index in [4.69, 9.17) is 9.47 Å². The van der Waals surface area contributed by atoms with Gasteiger partial charge in [-0.3, -0.25) is 9.59 Å². The van der Waals surface area contributed by atoms with Crippen molar-refractivity contribution in [3.8, 4) is 11.5 Å². The van der Waals surface area contributed by atoms with Gasteiger partial charge in [-0.25, -0.2) is 0 Å². The Morgan fingerprint density at radius 2 is 1.81 bits per heavy atom. The third-order valence-corrected chi connectivity index (χ3v) is 6.89. The van der Waals surface area contributed by atoms with Crippen molar-refractivity contribution in [2.45, 2.75) is 36.8 Å². The molecule has 1 atom stereocenters. The van der Waals surface area contributed by atoms with Crippen LogP contribution in [-0.4, -0.2) is 82.0 Å². The van der Waals surface area contributed by atoms with Crippen molar-refractivity contribution in [1.82, 2.24) is 20.0 Å². The number of carbonyl (C=O) groups is 2. The maximum atomic E-state index is 12.8. The lowest BCUT2D eigenvalue weighted by Gasteiger charge is -2.37. The molecule has 1 fully saturated rings. The molecular formula is C21H27N5O4S2. The smallest absolute Gasteiger partial charge is 0.267 e. The van der Waals surface area contributed by atoms with Crippen LogP contribution in [0, 0.1) is 0 Å². The van der Waals surface area contributed by atoms with Gasteiger partial charge in [0.15, 0.2) is 15.8 Å². The lowest BCUT2D eigenvalue weighted by atomic mass is 10.1. The van der Waals surface area contributed by atoms with Crippen molar-refractivity contribution in [1.29, 1.82) is 0 Å². The Kier molecular flexibility index (Phi) is 6.75. The number of hydrogen-bond acceptors (Lipinski definition) is 9. The number of benzene rings is 1. The van der Waals surface area contributed by atoms with Crippen molar-refractivity contribution < 1.29 is 19.1 Å². The second-order valence-corrected chi connectivity index (χ2v) is 10.8. The average molecular weight is 478 g/mol. The minimum Gasteiger partial charge on any atom is -0.485 e. The molecule has 0 unspecified atom stereocenters. The number of carbonyl (C=O) groups excluding carboxylic acids is 2. The summed E-state index contributed by atoms with van der Waals surface area (Å²) in [5, 5.41) is 12.3. The first-order valence-corrected chi connectivity index (χ1v) is 12.3. The summed E-state index contributed by atoms with van der Waals surface area (Å²) in [5.74, 6) is 1.47. The number of nitrogens with zero attached hydrogens (tertiary/aromatic N) is 4. The van der Waals surface area contributed by atoms with Gasteiger partial charge in [0.2, 0.25) is 17.1 Å². The maximum absolute atomic E-state index is 12.8. The van der Waals surface area contributed by atoms with Crippen LogP contribution in [-0.2, 0) is 9.59 Å². The summed E-state index contributed by atoms with van der Waals surface area (Å²) in [6.45, 7) is 8.33. The van der Waals surface area contributed by atoms with Gasteiger partial charge >= 0.3 is 0 Å². The van der Waals surface area contributed by atoms with Crippen LogP contribution in [0.2, 0.25) is 0 Å². The van der Waals surface area contributed by atoms with Crippen molar-refractivity contribution in [2.24, 2.45) is 0 Å². The molecule has 0 radical (unpaired) electrons. The van der Waals surface area contributed by atoms with Crippen LogP contribution in [0.4, 0.5) is 5.13 Å². The van der Waals surface area contributed by atoms with Crippen LogP contribution in [0.3, 0.4) is 0 Å². The highest BCUT2D eigenvalue weighted by molar-refractivity contribution is 8.01. The number of amides is 2. The highest BCUT2D eigenvalue weighted by Gasteiger charge is 2.33. The fourth-order valence-corrected chi connectivity index (χ4v) is 5.24. The summed E-state index contributed by atoms with van der Waals surface area (Å²) < 4.78 is 12.2. The van der Waals surface area contributed by atoms with Crippen LogP contribution in [0.15, 0.2) is 28.6 Å². The lowest BCUT2D eigenvalue weighted by molar-refractivity contribution is -0.145. The highest BCUT2D eigenvalue weighted by atomic mass is 32.2. The number of piperazine rings is 1. The molecule has 32 heavy (non-hydrogen) atoms. The quantitative estimate of drug-likeness (QED) is 0.656. The van der Waals surface area contributed by atoms with E-state index in [1.165, 1.54) is 23.1 Å².